The highest BCUT2D eigenvalue weighted by atomic mass is 16.6. The Morgan fingerprint density at radius 3 is 1.53 bits per heavy atom. The largest absolute Gasteiger partial charge is 0.387 e. The first-order valence-electron chi connectivity index (χ1n) is 4.04. The molecule has 0 saturated carbocycles. The summed E-state index contributed by atoms with van der Waals surface area (Å²) >= 11 is 0. The molecule has 0 aromatic heterocycles. The van der Waals surface area contributed by atoms with Crippen LogP contribution in [-0.4, -0.2) is 29.3 Å². The van der Waals surface area contributed by atoms with E-state index in [1.54, 1.807) is 0 Å². The normalized spacial score (nSPS) is 9.60. The molecule has 15 heavy (non-hydrogen) atoms. The molecule has 6 heteroatoms. The summed E-state index contributed by atoms with van der Waals surface area (Å²) in [4.78, 5) is 54.2. The molecule has 0 N–H and O–H groups in total. The standard InChI is InChI=1S/C9H10O6/c1-4(10)7(5(2)11)8(13)9(14)15-6(3)12/h7H,1-3H3. The number of Topliss-reactive ketones (excluding diaryl/α,β-unsaturated/α-hetero) is 3. The molecule has 0 aliphatic rings. The highest BCUT2D eigenvalue weighted by Crippen LogP contribution is 2.04. The Kier molecular flexibility index (Phi) is 4.50. The molecule has 0 fully saturated rings. The summed E-state index contributed by atoms with van der Waals surface area (Å²) in [5.41, 5.74) is 0. The van der Waals surface area contributed by atoms with Crippen LogP contribution in [0.15, 0.2) is 0 Å². The Labute approximate surface area is 85.6 Å². The Hall–Kier alpha value is -1.85. The lowest BCUT2D eigenvalue weighted by Gasteiger charge is -2.06. The third-order valence-electron chi connectivity index (χ3n) is 1.51. The molecule has 0 aliphatic carbocycles. The average molecular weight is 214 g/mol. The second-order valence-corrected chi connectivity index (χ2v) is 2.90. The molecule has 82 valence electrons. The first-order chi connectivity index (χ1) is 6.77. The highest BCUT2D eigenvalue weighted by molar-refractivity contribution is 6.44. The van der Waals surface area contributed by atoms with Crippen LogP contribution in [0.4, 0.5) is 0 Å². The number of ether oxygens (including phenoxy) is 1. The van der Waals surface area contributed by atoms with Gasteiger partial charge in [0.25, 0.3) is 5.78 Å². The zero-order valence-corrected chi connectivity index (χ0v) is 8.53. The molecule has 0 aliphatic heterocycles. The van der Waals surface area contributed by atoms with Gasteiger partial charge in [0.15, 0.2) is 0 Å². The molecule has 0 saturated heterocycles. The summed E-state index contributed by atoms with van der Waals surface area (Å²) in [5.74, 6) is -6.96. The quantitative estimate of drug-likeness (QED) is 0.353. The number of carbonyl (C=O) groups excluding carboxylic acids is 5. The van der Waals surface area contributed by atoms with Crippen LogP contribution in [0.5, 0.6) is 0 Å². The van der Waals surface area contributed by atoms with E-state index in [0.717, 1.165) is 20.8 Å². The van der Waals surface area contributed by atoms with Crippen molar-refractivity contribution in [2.45, 2.75) is 20.8 Å². The van der Waals surface area contributed by atoms with Gasteiger partial charge in [-0.25, -0.2) is 4.79 Å². The fourth-order valence-corrected chi connectivity index (χ4v) is 0.954. The van der Waals surface area contributed by atoms with E-state index in [9.17, 15) is 24.0 Å². The van der Waals surface area contributed by atoms with E-state index < -0.39 is 35.2 Å². The van der Waals surface area contributed by atoms with Crippen LogP contribution in [0.1, 0.15) is 20.8 Å². The minimum Gasteiger partial charge on any atom is -0.387 e. The molecule has 0 aromatic carbocycles. The second kappa shape index (κ2) is 5.14. The second-order valence-electron chi connectivity index (χ2n) is 2.90. The van der Waals surface area contributed by atoms with Gasteiger partial charge < -0.3 is 4.74 Å². The maximum Gasteiger partial charge on any atom is 0.383 e. The lowest BCUT2D eigenvalue weighted by molar-refractivity contribution is -0.165. The molecule has 0 radical (unpaired) electrons. The third-order valence-corrected chi connectivity index (χ3v) is 1.51. The van der Waals surface area contributed by atoms with Crippen molar-refractivity contribution in [2.24, 2.45) is 5.92 Å². The SMILES string of the molecule is CC(=O)OC(=O)C(=O)C(C(C)=O)C(C)=O. The van der Waals surface area contributed by atoms with Crippen molar-refractivity contribution in [1.82, 2.24) is 0 Å². The molecular formula is C9H10O6. The molecule has 0 bridgehead atoms. The minimum atomic E-state index is -1.67. The third kappa shape index (κ3) is 3.80. The van der Waals surface area contributed by atoms with Crippen molar-refractivity contribution in [3.63, 3.8) is 0 Å². The van der Waals surface area contributed by atoms with E-state index in [4.69, 9.17) is 0 Å². The number of carbonyl (C=O) groups is 5. The zero-order chi connectivity index (χ0) is 12.2. The Morgan fingerprint density at radius 2 is 1.27 bits per heavy atom. The van der Waals surface area contributed by atoms with Crippen LogP contribution in [0.25, 0.3) is 0 Å². The topological polar surface area (TPSA) is 94.6 Å². The summed E-state index contributed by atoms with van der Waals surface area (Å²) in [6, 6.07) is 0. The number of rotatable bonds is 4. The predicted molar refractivity (Wildman–Crippen MR) is 46.6 cm³/mol. The van der Waals surface area contributed by atoms with Crippen molar-refractivity contribution in [2.75, 3.05) is 0 Å². The monoisotopic (exact) mass is 214 g/mol. The lowest BCUT2D eigenvalue weighted by Crippen LogP contribution is -2.35. The van der Waals surface area contributed by atoms with Crippen LogP contribution < -0.4 is 0 Å². The van der Waals surface area contributed by atoms with Crippen molar-refractivity contribution < 1.29 is 28.7 Å². The van der Waals surface area contributed by atoms with Gasteiger partial charge in [-0.3, -0.25) is 19.2 Å². The summed E-state index contributed by atoms with van der Waals surface area (Å²) in [6.07, 6.45) is 0. The Morgan fingerprint density at radius 1 is 0.867 bits per heavy atom. The summed E-state index contributed by atoms with van der Waals surface area (Å²) in [5, 5.41) is 0. The van der Waals surface area contributed by atoms with Gasteiger partial charge in [-0.1, -0.05) is 0 Å². The summed E-state index contributed by atoms with van der Waals surface area (Å²) in [7, 11) is 0. The predicted octanol–water partition coefficient (Wildman–Crippen LogP) is -0.561. The number of ketones is 3. The fourth-order valence-electron chi connectivity index (χ4n) is 0.954. The van der Waals surface area contributed by atoms with Crippen LogP contribution in [0.2, 0.25) is 0 Å². The van der Waals surface area contributed by atoms with Gasteiger partial charge in [-0.05, 0) is 13.8 Å². The van der Waals surface area contributed by atoms with Crippen LogP contribution in [0, 0.1) is 5.92 Å². The van der Waals surface area contributed by atoms with Gasteiger partial charge in [-0.15, -0.1) is 0 Å². The van der Waals surface area contributed by atoms with E-state index >= 15 is 0 Å². The number of hydrogen-bond acceptors (Lipinski definition) is 6. The van der Waals surface area contributed by atoms with Crippen molar-refractivity contribution >= 4 is 29.3 Å². The number of esters is 2. The smallest absolute Gasteiger partial charge is 0.383 e. The molecule has 6 nitrogen and oxygen atoms in total. The van der Waals surface area contributed by atoms with Gasteiger partial charge in [-0.2, -0.15) is 0 Å². The van der Waals surface area contributed by atoms with E-state index in [1.165, 1.54) is 0 Å². The Balaban J connectivity index is 4.80. The number of hydrogen-bond donors (Lipinski definition) is 0. The van der Waals surface area contributed by atoms with Crippen molar-refractivity contribution in [3.05, 3.63) is 0 Å². The van der Waals surface area contributed by atoms with Crippen LogP contribution >= 0.6 is 0 Å². The molecule has 0 rings (SSSR count). The molecule has 0 unspecified atom stereocenters. The van der Waals surface area contributed by atoms with E-state index in [1.807, 2.05) is 0 Å². The van der Waals surface area contributed by atoms with Crippen molar-refractivity contribution in [3.8, 4) is 0 Å². The lowest BCUT2D eigenvalue weighted by atomic mass is 9.96. The van der Waals surface area contributed by atoms with E-state index in [-0.39, 0.29) is 0 Å². The molecule has 0 spiro atoms. The first kappa shape index (κ1) is 13.2. The van der Waals surface area contributed by atoms with E-state index in [0.29, 0.717) is 0 Å². The van der Waals surface area contributed by atoms with Crippen LogP contribution in [-0.2, 0) is 28.7 Å². The van der Waals surface area contributed by atoms with Gasteiger partial charge in [0.1, 0.15) is 17.5 Å². The summed E-state index contributed by atoms with van der Waals surface area (Å²) in [6.45, 7) is 2.94. The van der Waals surface area contributed by atoms with Gasteiger partial charge in [0.05, 0.1) is 0 Å². The maximum atomic E-state index is 11.2. The molecule has 0 atom stereocenters. The van der Waals surface area contributed by atoms with Crippen molar-refractivity contribution in [1.29, 1.82) is 0 Å². The first-order valence-corrected chi connectivity index (χ1v) is 4.04. The highest BCUT2D eigenvalue weighted by Gasteiger charge is 2.34. The Bertz CT molecular complexity index is 327. The average Bonchev–Trinajstić information content (AvgIpc) is 2.00. The van der Waals surface area contributed by atoms with Crippen LogP contribution in [0.3, 0.4) is 0 Å². The minimum absolute atomic E-state index is 0.756. The van der Waals surface area contributed by atoms with Gasteiger partial charge >= 0.3 is 11.9 Å². The molecule has 0 amide bonds. The fraction of sp³-hybridized carbons (Fsp3) is 0.444. The maximum absolute atomic E-state index is 11.2. The van der Waals surface area contributed by atoms with Gasteiger partial charge in [0.2, 0.25) is 0 Å². The molecular weight excluding hydrogens is 204 g/mol. The summed E-state index contributed by atoms with van der Waals surface area (Å²) < 4.78 is 3.96. The van der Waals surface area contributed by atoms with E-state index in [2.05, 4.69) is 4.74 Å². The molecule has 0 heterocycles. The molecule has 0 aromatic rings. The zero-order valence-electron chi connectivity index (χ0n) is 8.53. The van der Waals surface area contributed by atoms with Gasteiger partial charge in [0, 0.05) is 6.92 Å².